The Morgan fingerprint density at radius 3 is 2.71 bits per heavy atom. The molecule has 0 aliphatic heterocycles. The third-order valence-electron chi connectivity index (χ3n) is 4.91. The van der Waals surface area contributed by atoms with Crippen molar-refractivity contribution in [3.63, 3.8) is 0 Å². The molecule has 0 radical (unpaired) electrons. The van der Waals surface area contributed by atoms with Crippen LogP contribution in [-0.2, 0) is 16.0 Å². The van der Waals surface area contributed by atoms with Crippen LogP contribution in [0.15, 0.2) is 41.3 Å². The van der Waals surface area contributed by atoms with Gasteiger partial charge in [-0.25, -0.2) is 9.78 Å². The monoisotopic (exact) mass is 422 g/mol. The largest absolute Gasteiger partial charge is 0.497 e. The molecular weight excluding hydrogens is 400 g/mol. The number of carbonyl (C=O) groups excluding carboxylic acids is 2. The van der Waals surface area contributed by atoms with Crippen LogP contribution in [0.3, 0.4) is 0 Å². The fraction of sp³-hybridized carbons (Fsp3) is 0.238. The van der Waals surface area contributed by atoms with E-state index in [9.17, 15) is 14.4 Å². The minimum atomic E-state index is -0.366. The first-order valence-corrected chi connectivity index (χ1v) is 9.81. The fourth-order valence-electron chi connectivity index (χ4n) is 3.33. The highest BCUT2D eigenvalue weighted by molar-refractivity contribution is 5.93. The van der Waals surface area contributed by atoms with Crippen LogP contribution >= 0.6 is 0 Å². The third kappa shape index (κ3) is 4.74. The number of H-pyrrole nitrogens is 3. The van der Waals surface area contributed by atoms with Crippen molar-refractivity contribution in [1.29, 1.82) is 0 Å². The first kappa shape index (κ1) is 20.2. The van der Waals surface area contributed by atoms with Crippen molar-refractivity contribution in [2.24, 2.45) is 0 Å². The molecule has 0 aliphatic rings. The normalized spacial score (nSPS) is 11.0. The molecule has 0 unspecified atom stereocenters. The summed E-state index contributed by atoms with van der Waals surface area (Å²) in [5.74, 6) is 0.553. The molecule has 0 aliphatic carbocycles. The van der Waals surface area contributed by atoms with Crippen LogP contribution in [0.5, 0.6) is 5.75 Å². The molecule has 0 atom stereocenters. The lowest BCUT2D eigenvalue weighted by atomic mass is 10.1. The summed E-state index contributed by atoms with van der Waals surface area (Å²) >= 11 is 0. The highest BCUT2D eigenvalue weighted by Crippen LogP contribution is 2.23. The Morgan fingerprint density at radius 2 is 1.87 bits per heavy atom. The maximum absolute atomic E-state index is 12.1. The van der Waals surface area contributed by atoms with Gasteiger partial charge in [-0.2, -0.15) is 0 Å². The van der Waals surface area contributed by atoms with E-state index < -0.39 is 0 Å². The maximum Gasteiger partial charge on any atom is 0.325 e. The third-order valence-corrected chi connectivity index (χ3v) is 4.91. The molecule has 10 nitrogen and oxygen atoms in total. The molecule has 160 valence electrons. The van der Waals surface area contributed by atoms with E-state index in [0.29, 0.717) is 29.9 Å². The second-order valence-corrected chi connectivity index (χ2v) is 7.05. The number of carbonyl (C=O) groups is 2. The lowest BCUT2D eigenvalue weighted by Gasteiger charge is -2.06. The minimum absolute atomic E-state index is 0.0273. The summed E-state index contributed by atoms with van der Waals surface area (Å²) in [7, 11) is 1.62. The number of hydrogen-bond acceptors (Lipinski definition) is 5. The zero-order valence-electron chi connectivity index (χ0n) is 16.9. The summed E-state index contributed by atoms with van der Waals surface area (Å²) in [5, 5.41) is 6.52. The number of rotatable bonds is 8. The van der Waals surface area contributed by atoms with Crippen molar-refractivity contribution in [3.05, 3.63) is 52.6 Å². The van der Waals surface area contributed by atoms with Gasteiger partial charge in [0.1, 0.15) is 11.6 Å². The standard InChI is InChI=1S/C21H22N6O4/c1-31-13-2-3-15-14(10-13)12(11-23-15)8-9-22-18(28)6-7-19(29)25-17-5-4-16-20(26-17)27-21(30)24-16/h2-5,10-11,23H,6-9H2,1H3,(H,22,28)(H3,24,25,26,27,29,30). The van der Waals surface area contributed by atoms with Crippen LogP contribution in [0.4, 0.5) is 5.82 Å². The number of nitrogens with zero attached hydrogens (tertiary/aromatic N) is 1. The van der Waals surface area contributed by atoms with Crippen LogP contribution in [0.25, 0.3) is 22.1 Å². The molecule has 0 fully saturated rings. The molecule has 3 aromatic heterocycles. The van der Waals surface area contributed by atoms with Crippen LogP contribution in [-0.4, -0.2) is 45.4 Å². The van der Waals surface area contributed by atoms with Crippen molar-refractivity contribution >= 4 is 39.7 Å². The molecule has 0 spiro atoms. The molecule has 0 saturated carbocycles. The van der Waals surface area contributed by atoms with Gasteiger partial charge >= 0.3 is 5.69 Å². The van der Waals surface area contributed by atoms with Gasteiger partial charge in [0.25, 0.3) is 0 Å². The van der Waals surface area contributed by atoms with Gasteiger partial charge in [0.15, 0.2) is 5.65 Å². The van der Waals surface area contributed by atoms with Crippen LogP contribution in [0, 0.1) is 0 Å². The van der Waals surface area contributed by atoms with E-state index in [1.165, 1.54) is 0 Å². The quantitative estimate of drug-likeness (QED) is 0.294. The molecule has 31 heavy (non-hydrogen) atoms. The van der Waals surface area contributed by atoms with Gasteiger partial charge in [-0.3, -0.25) is 14.6 Å². The molecule has 2 amide bonds. The van der Waals surface area contributed by atoms with Gasteiger partial charge in [0.05, 0.1) is 12.6 Å². The Morgan fingerprint density at radius 1 is 1.06 bits per heavy atom. The second kappa shape index (κ2) is 8.74. The number of fused-ring (bicyclic) bond motifs is 2. The molecule has 5 N–H and O–H groups in total. The number of imidazole rings is 1. The van der Waals surface area contributed by atoms with Crippen LogP contribution in [0.2, 0.25) is 0 Å². The van der Waals surface area contributed by atoms with E-state index in [1.807, 2.05) is 24.4 Å². The number of aromatic amines is 3. The fourth-order valence-corrected chi connectivity index (χ4v) is 3.33. The summed E-state index contributed by atoms with van der Waals surface area (Å²) < 4.78 is 5.27. The molecule has 10 heteroatoms. The van der Waals surface area contributed by atoms with Gasteiger partial charge in [-0.15, -0.1) is 0 Å². The van der Waals surface area contributed by atoms with Crippen molar-refractivity contribution in [2.75, 3.05) is 19.0 Å². The van der Waals surface area contributed by atoms with Gasteiger partial charge in [0.2, 0.25) is 11.8 Å². The van der Waals surface area contributed by atoms with Gasteiger partial charge in [0, 0.05) is 36.5 Å². The average Bonchev–Trinajstić information content (AvgIpc) is 3.33. The topological polar surface area (TPSA) is 145 Å². The predicted molar refractivity (Wildman–Crippen MR) is 116 cm³/mol. The van der Waals surface area contributed by atoms with E-state index >= 15 is 0 Å². The second-order valence-electron chi connectivity index (χ2n) is 7.05. The summed E-state index contributed by atoms with van der Waals surface area (Å²) in [6, 6.07) is 9.03. The van der Waals surface area contributed by atoms with E-state index in [4.69, 9.17) is 4.74 Å². The first-order chi connectivity index (χ1) is 15.0. The van der Waals surface area contributed by atoms with Crippen molar-refractivity contribution in [1.82, 2.24) is 25.3 Å². The summed E-state index contributed by atoms with van der Waals surface area (Å²) in [5.41, 5.74) is 2.63. The summed E-state index contributed by atoms with van der Waals surface area (Å²) in [6.07, 6.45) is 2.67. The smallest absolute Gasteiger partial charge is 0.325 e. The number of anilines is 1. The number of ether oxygens (including phenoxy) is 1. The molecule has 4 aromatic rings. The zero-order valence-corrected chi connectivity index (χ0v) is 16.9. The molecule has 1 aromatic carbocycles. The molecule has 0 bridgehead atoms. The van der Waals surface area contributed by atoms with Crippen molar-refractivity contribution in [2.45, 2.75) is 19.3 Å². The Labute approximate surface area is 176 Å². The molecule has 0 saturated heterocycles. The highest BCUT2D eigenvalue weighted by atomic mass is 16.5. The minimum Gasteiger partial charge on any atom is -0.497 e. The van der Waals surface area contributed by atoms with Gasteiger partial charge in [-0.05, 0) is 42.3 Å². The van der Waals surface area contributed by atoms with Crippen molar-refractivity contribution < 1.29 is 14.3 Å². The van der Waals surface area contributed by atoms with E-state index in [2.05, 4.69) is 30.6 Å². The highest BCUT2D eigenvalue weighted by Gasteiger charge is 2.10. The number of pyridine rings is 1. The molecular formula is C21H22N6O4. The Bertz CT molecular complexity index is 1300. The van der Waals surface area contributed by atoms with E-state index in [0.717, 1.165) is 22.2 Å². The molecule has 4 rings (SSSR count). The van der Waals surface area contributed by atoms with Crippen LogP contribution < -0.4 is 21.1 Å². The van der Waals surface area contributed by atoms with E-state index in [-0.39, 0.29) is 30.3 Å². The zero-order chi connectivity index (χ0) is 21.8. The number of aromatic nitrogens is 4. The van der Waals surface area contributed by atoms with E-state index in [1.54, 1.807) is 19.2 Å². The molecule has 3 heterocycles. The Kier molecular flexibility index (Phi) is 5.69. The van der Waals surface area contributed by atoms with Crippen LogP contribution in [0.1, 0.15) is 18.4 Å². The number of benzene rings is 1. The SMILES string of the molecule is COc1ccc2[nH]cc(CCNC(=O)CCC(=O)Nc3ccc4[nH]c(=O)[nH]c4n3)c2c1. The number of nitrogens with one attached hydrogen (secondary N) is 5. The van der Waals surface area contributed by atoms with Gasteiger partial charge < -0.3 is 25.3 Å². The Balaban J connectivity index is 1.23. The summed E-state index contributed by atoms with van der Waals surface area (Å²) in [6.45, 7) is 0.462. The number of hydrogen-bond donors (Lipinski definition) is 5. The van der Waals surface area contributed by atoms with Crippen molar-refractivity contribution in [3.8, 4) is 5.75 Å². The average molecular weight is 422 g/mol. The Hall–Kier alpha value is -4.08. The van der Waals surface area contributed by atoms with Gasteiger partial charge in [-0.1, -0.05) is 0 Å². The first-order valence-electron chi connectivity index (χ1n) is 9.81. The summed E-state index contributed by atoms with van der Waals surface area (Å²) in [4.78, 5) is 47.9. The maximum atomic E-state index is 12.1. The lowest BCUT2D eigenvalue weighted by molar-refractivity contribution is -0.124. The number of amides is 2. The lowest BCUT2D eigenvalue weighted by Crippen LogP contribution is -2.26. The predicted octanol–water partition coefficient (Wildman–Crippen LogP) is 1.82. The number of methoxy groups -OCH3 is 1.